The number of carboxylic acid groups (broad SMARTS) is 1. The summed E-state index contributed by atoms with van der Waals surface area (Å²) in [6.07, 6.45) is 1.39. The second-order valence-electron chi connectivity index (χ2n) is 4.92. The van der Waals surface area contributed by atoms with Crippen molar-refractivity contribution in [3.63, 3.8) is 0 Å². The first-order valence-electron chi connectivity index (χ1n) is 7.36. The molecule has 2 amide bonds. The highest BCUT2D eigenvalue weighted by Crippen LogP contribution is 2.24. The van der Waals surface area contributed by atoms with Crippen LogP contribution in [0.3, 0.4) is 0 Å². The van der Waals surface area contributed by atoms with E-state index in [1.54, 1.807) is 37.4 Å². The number of carbonyl (C=O) groups is 2. The van der Waals surface area contributed by atoms with E-state index >= 15 is 0 Å². The maximum absolute atomic E-state index is 11.8. The summed E-state index contributed by atoms with van der Waals surface area (Å²) < 4.78 is 10.0. The lowest BCUT2D eigenvalue weighted by Gasteiger charge is -2.06. The number of aliphatic carboxylic acids is 1. The average molecular weight is 378 g/mol. The Bertz CT molecular complexity index is 809. The van der Waals surface area contributed by atoms with Crippen molar-refractivity contribution in [1.82, 2.24) is 5.43 Å². The lowest BCUT2D eigenvalue weighted by Crippen LogP contribution is -2.24. The zero-order chi connectivity index (χ0) is 18.9. The van der Waals surface area contributed by atoms with Crippen LogP contribution in [-0.2, 0) is 4.79 Å². The average Bonchev–Trinajstić information content (AvgIpc) is 2.61. The number of methoxy groups -OCH3 is 1. The summed E-state index contributed by atoms with van der Waals surface area (Å²) >= 11 is 6.00. The van der Waals surface area contributed by atoms with E-state index in [1.165, 1.54) is 18.3 Å². The van der Waals surface area contributed by atoms with Crippen molar-refractivity contribution in [2.45, 2.75) is 0 Å². The van der Waals surface area contributed by atoms with E-state index in [2.05, 4.69) is 15.8 Å². The summed E-state index contributed by atoms with van der Waals surface area (Å²) in [7, 11) is 1.56. The van der Waals surface area contributed by atoms with E-state index in [4.69, 9.17) is 26.2 Å². The van der Waals surface area contributed by atoms with Gasteiger partial charge in [0.05, 0.1) is 18.3 Å². The predicted octanol–water partition coefficient (Wildman–Crippen LogP) is 2.97. The molecule has 2 aromatic rings. The van der Waals surface area contributed by atoms with Gasteiger partial charge in [0.25, 0.3) is 0 Å². The summed E-state index contributed by atoms with van der Waals surface area (Å²) in [5.41, 5.74) is 3.50. The number of nitrogens with zero attached hydrogens (tertiary/aromatic N) is 1. The molecule has 2 aromatic carbocycles. The maximum Gasteiger partial charge on any atom is 0.341 e. The van der Waals surface area contributed by atoms with E-state index in [0.717, 1.165) is 0 Å². The zero-order valence-corrected chi connectivity index (χ0v) is 14.5. The Labute approximate surface area is 154 Å². The van der Waals surface area contributed by atoms with Gasteiger partial charge >= 0.3 is 12.0 Å². The number of carbonyl (C=O) groups excluding carboxylic acids is 1. The van der Waals surface area contributed by atoms with E-state index < -0.39 is 18.6 Å². The van der Waals surface area contributed by atoms with Gasteiger partial charge in [0.15, 0.2) is 6.61 Å². The smallest absolute Gasteiger partial charge is 0.341 e. The third-order valence-electron chi connectivity index (χ3n) is 3.03. The number of hydrazone groups is 1. The van der Waals surface area contributed by atoms with Gasteiger partial charge in [0, 0.05) is 5.69 Å². The molecule has 0 heterocycles. The van der Waals surface area contributed by atoms with Gasteiger partial charge in [-0.3, -0.25) is 0 Å². The van der Waals surface area contributed by atoms with E-state index in [1.807, 2.05) is 0 Å². The van der Waals surface area contributed by atoms with Crippen LogP contribution >= 0.6 is 11.6 Å². The molecule has 0 bridgehead atoms. The van der Waals surface area contributed by atoms with Gasteiger partial charge in [0.1, 0.15) is 11.5 Å². The lowest BCUT2D eigenvalue weighted by atomic mass is 10.2. The van der Waals surface area contributed by atoms with Gasteiger partial charge in [-0.25, -0.2) is 15.0 Å². The van der Waals surface area contributed by atoms with Gasteiger partial charge in [-0.15, -0.1) is 0 Å². The molecule has 8 nitrogen and oxygen atoms in total. The van der Waals surface area contributed by atoms with Crippen molar-refractivity contribution >= 4 is 35.5 Å². The number of urea groups is 1. The second-order valence-corrected chi connectivity index (χ2v) is 5.33. The first kappa shape index (κ1) is 19.1. The number of amides is 2. The van der Waals surface area contributed by atoms with Crippen LogP contribution in [0.1, 0.15) is 5.56 Å². The van der Waals surface area contributed by atoms with Gasteiger partial charge in [-0.2, -0.15) is 5.10 Å². The summed E-state index contributed by atoms with van der Waals surface area (Å²) in [4.78, 5) is 22.2. The fraction of sp³-hybridized carbons (Fsp3) is 0.118. The van der Waals surface area contributed by atoms with Crippen LogP contribution in [0.25, 0.3) is 0 Å². The summed E-state index contributed by atoms with van der Waals surface area (Å²) in [6, 6.07) is 11.0. The minimum atomic E-state index is -1.10. The summed E-state index contributed by atoms with van der Waals surface area (Å²) in [5.74, 6) is -0.170. The zero-order valence-electron chi connectivity index (χ0n) is 13.7. The van der Waals surface area contributed by atoms with Gasteiger partial charge < -0.3 is 19.9 Å². The third kappa shape index (κ3) is 5.99. The Hall–Kier alpha value is -3.26. The van der Waals surface area contributed by atoms with E-state index in [-0.39, 0.29) is 10.8 Å². The van der Waals surface area contributed by atoms with Crippen molar-refractivity contribution in [3.8, 4) is 11.5 Å². The molecule has 0 aliphatic rings. The molecule has 0 saturated carbocycles. The normalized spacial score (nSPS) is 10.4. The Morgan fingerprint density at radius 3 is 2.58 bits per heavy atom. The van der Waals surface area contributed by atoms with Crippen LogP contribution in [0.5, 0.6) is 11.5 Å². The van der Waals surface area contributed by atoms with Crippen LogP contribution in [0.2, 0.25) is 5.02 Å². The van der Waals surface area contributed by atoms with E-state index in [0.29, 0.717) is 17.0 Å². The maximum atomic E-state index is 11.8. The molecule has 3 N–H and O–H groups in total. The number of nitrogens with one attached hydrogen (secondary N) is 2. The molecule has 0 spiro atoms. The molecule has 9 heteroatoms. The van der Waals surface area contributed by atoms with Crippen molar-refractivity contribution in [1.29, 1.82) is 0 Å². The van der Waals surface area contributed by atoms with Crippen molar-refractivity contribution in [2.24, 2.45) is 5.10 Å². The first-order valence-corrected chi connectivity index (χ1v) is 7.74. The molecule has 2 rings (SSSR count). The van der Waals surface area contributed by atoms with Crippen LogP contribution < -0.4 is 20.2 Å². The van der Waals surface area contributed by atoms with Gasteiger partial charge in [0.2, 0.25) is 0 Å². The second kappa shape index (κ2) is 9.28. The molecule has 0 aromatic heterocycles. The lowest BCUT2D eigenvalue weighted by molar-refractivity contribution is -0.139. The molecule has 0 saturated heterocycles. The molecule has 136 valence electrons. The number of halogens is 1. The van der Waals surface area contributed by atoms with E-state index in [9.17, 15) is 9.59 Å². The number of ether oxygens (including phenoxy) is 2. The number of anilines is 1. The molecule has 0 unspecified atom stereocenters. The Morgan fingerprint density at radius 1 is 1.23 bits per heavy atom. The van der Waals surface area contributed by atoms with Crippen LogP contribution in [0, 0.1) is 0 Å². The number of hydrogen-bond donors (Lipinski definition) is 3. The molecule has 26 heavy (non-hydrogen) atoms. The number of benzene rings is 2. The summed E-state index contributed by atoms with van der Waals surface area (Å²) in [6.45, 7) is -0.486. The van der Waals surface area contributed by atoms with Gasteiger partial charge in [-0.05, 0) is 48.0 Å². The summed E-state index contributed by atoms with van der Waals surface area (Å²) in [5, 5.41) is 15.2. The molecule has 0 fully saturated rings. The predicted molar refractivity (Wildman–Crippen MR) is 97.3 cm³/mol. The highest BCUT2D eigenvalue weighted by molar-refractivity contribution is 6.32. The van der Waals surface area contributed by atoms with Crippen LogP contribution in [0.4, 0.5) is 10.5 Å². The molecule has 0 atom stereocenters. The highest BCUT2D eigenvalue weighted by atomic mass is 35.5. The number of carboxylic acids is 1. The standard InChI is InChI=1S/C17H16ClN3O5/c1-25-13-5-3-12(4-6-13)20-17(24)21-19-9-11-2-7-15(14(18)8-11)26-10-16(22)23/h2-9H,10H2,1H3,(H,22,23)(H2,20,21,24)/b19-9+. The van der Waals surface area contributed by atoms with Crippen molar-refractivity contribution < 1.29 is 24.2 Å². The Morgan fingerprint density at radius 2 is 1.96 bits per heavy atom. The number of rotatable bonds is 7. The molecule has 0 aliphatic heterocycles. The van der Waals surface area contributed by atoms with Crippen molar-refractivity contribution in [2.75, 3.05) is 19.0 Å². The first-order chi connectivity index (χ1) is 12.5. The largest absolute Gasteiger partial charge is 0.497 e. The van der Waals surface area contributed by atoms with Crippen LogP contribution in [-0.4, -0.2) is 37.0 Å². The minimum Gasteiger partial charge on any atom is -0.497 e. The molecular formula is C17H16ClN3O5. The Balaban J connectivity index is 1.87. The minimum absolute atomic E-state index is 0.234. The van der Waals surface area contributed by atoms with Crippen molar-refractivity contribution in [3.05, 3.63) is 53.1 Å². The monoisotopic (exact) mass is 377 g/mol. The van der Waals surface area contributed by atoms with Crippen LogP contribution in [0.15, 0.2) is 47.6 Å². The molecule has 0 radical (unpaired) electrons. The fourth-order valence-electron chi connectivity index (χ4n) is 1.85. The molecule has 0 aliphatic carbocycles. The SMILES string of the molecule is COc1ccc(NC(=O)N/N=C/c2ccc(OCC(=O)O)c(Cl)c2)cc1. The highest BCUT2D eigenvalue weighted by Gasteiger charge is 2.05. The number of hydrogen-bond acceptors (Lipinski definition) is 5. The Kier molecular flexibility index (Phi) is 6.81. The topological polar surface area (TPSA) is 109 Å². The fourth-order valence-corrected chi connectivity index (χ4v) is 2.10. The third-order valence-corrected chi connectivity index (χ3v) is 3.33. The quantitative estimate of drug-likeness (QED) is 0.507. The van der Waals surface area contributed by atoms with Gasteiger partial charge in [-0.1, -0.05) is 11.6 Å². The molecular weight excluding hydrogens is 362 g/mol.